The van der Waals surface area contributed by atoms with E-state index in [1.54, 1.807) is 0 Å². The Morgan fingerprint density at radius 3 is 3.06 bits per heavy atom. The summed E-state index contributed by atoms with van der Waals surface area (Å²) in [5.74, 6) is 1.47. The molecule has 92 valence electrons. The van der Waals surface area contributed by atoms with Crippen LogP contribution >= 0.6 is 0 Å². The lowest BCUT2D eigenvalue weighted by Gasteiger charge is -2.12. The molecule has 3 rings (SSSR count). The molecule has 1 N–H and O–H groups in total. The van der Waals surface area contributed by atoms with Crippen molar-refractivity contribution >= 4 is 0 Å². The van der Waals surface area contributed by atoms with Crippen LogP contribution in [-0.4, -0.2) is 26.3 Å². The van der Waals surface area contributed by atoms with Gasteiger partial charge < -0.3 is 10.1 Å². The van der Waals surface area contributed by atoms with Gasteiger partial charge in [-0.1, -0.05) is 24.3 Å². The van der Waals surface area contributed by atoms with Gasteiger partial charge in [0.15, 0.2) is 0 Å². The molecule has 2 heteroatoms. The SMILES string of the molecule is c1cc(CC2CCNC2)cc(C2CCOC2)c1. The van der Waals surface area contributed by atoms with Crippen molar-refractivity contribution in [3.63, 3.8) is 0 Å². The number of rotatable bonds is 3. The number of hydrogen-bond acceptors (Lipinski definition) is 2. The minimum Gasteiger partial charge on any atom is -0.381 e. The Labute approximate surface area is 103 Å². The van der Waals surface area contributed by atoms with Gasteiger partial charge in [-0.25, -0.2) is 0 Å². The minimum absolute atomic E-state index is 0.636. The quantitative estimate of drug-likeness (QED) is 0.862. The lowest BCUT2D eigenvalue weighted by atomic mass is 9.93. The van der Waals surface area contributed by atoms with Crippen molar-refractivity contribution in [2.75, 3.05) is 26.3 Å². The average molecular weight is 231 g/mol. The summed E-state index contributed by atoms with van der Waals surface area (Å²) in [5.41, 5.74) is 2.98. The molecule has 0 aliphatic carbocycles. The van der Waals surface area contributed by atoms with Crippen molar-refractivity contribution in [3.05, 3.63) is 35.4 Å². The summed E-state index contributed by atoms with van der Waals surface area (Å²) in [7, 11) is 0. The molecule has 2 aliphatic heterocycles. The second kappa shape index (κ2) is 5.19. The molecule has 0 amide bonds. The zero-order valence-electron chi connectivity index (χ0n) is 10.3. The average Bonchev–Trinajstić information content (AvgIpc) is 3.01. The van der Waals surface area contributed by atoms with Gasteiger partial charge in [0, 0.05) is 12.5 Å². The first kappa shape index (κ1) is 11.2. The maximum Gasteiger partial charge on any atom is 0.0535 e. The summed E-state index contributed by atoms with van der Waals surface area (Å²) in [6.45, 7) is 4.23. The molecule has 0 spiro atoms. The predicted molar refractivity (Wildman–Crippen MR) is 69.3 cm³/mol. The van der Waals surface area contributed by atoms with Crippen molar-refractivity contribution in [1.82, 2.24) is 5.32 Å². The van der Waals surface area contributed by atoms with E-state index in [0.717, 1.165) is 19.1 Å². The lowest BCUT2D eigenvalue weighted by molar-refractivity contribution is 0.194. The molecule has 1 aromatic carbocycles. The van der Waals surface area contributed by atoms with Crippen LogP contribution in [0, 0.1) is 5.92 Å². The Hall–Kier alpha value is -0.860. The highest BCUT2D eigenvalue weighted by Crippen LogP contribution is 2.26. The number of ether oxygens (including phenoxy) is 1. The van der Waals surface area contributed by atoms with Crippen molar-refractivity contribution in [2.45, 2.75) is 25.2 Å². The van der Waals surface area contributed by atoms with Crippen LogP contribution in [0.1, 0.15) is 29.9 Å². The Kier molecular flexibility index (Phi) is 3.44. The molecule has 2 nitrogen and oxygen atoms in total. The highest BCUT2D eigenvalue weighted by Gasteiger charge is 2.19. The third-order valence-electron chi connectivity index (χ3n) is 4.04. The van der Waals surface area contributed by atoms with Gasteiger partial charge in [-0.05, 0) is 49.4 Å². The van der Waals surface area contributed by atoms with E-state index in [4.69, 9.17) is 4.74 Å². The Morgan fingerprint density at radius 2 is 2.29 bits per heavy atom. The molecule has 2 unspecified atom stereocenters. The van der Waals surface area contributed by atoms with Crippen LogP contribution in [0.25, 0.3) is 0 Å². The molecule has 2 aliphatic rings. The number of hydrogen-bond donors (Lipinski definition) is 1. The molecular formula is C15H21NO. The normalized spacial score (nSPS) is 28.7. The van der Waals surface area contributed by atoms with Gasteiger partial charge in [-0.2, -0.15) is 0 Å². The molecule has 2 fully saturated rings. The smallest absolute Gasteiger partial charge is 0.0535 e. The molecule has 0 saturated carbocycles. The van der Waals surface area contributed by atoms with Crippen LogP contribution in [0.5, 0.6) is 0 Å². The predicted octanol–water partition coefficient (Wildman–Crippen LogP) is 2.34. The molecule has 2 saturated heterocycles. The molecule has 2 atom stereocenters. The minimum atomic E-state index is 0.636. The summed E-state index contributed by atoms with van der Waals surface area (Å²) in [4.78, 5) is 0. The molecule has 0 bridgehead atoms. The monoisotopic (exact) mass is 231 g/mol. The lowest BCUT2D eigenvalue weighted by Crippen LogP contribution is -2.11. The Balaban J connectivity index is 1.69. The number of benzene rings is 1. The van der Waals surface area contributed by atoms with Crippen LogP contribution in [0.4, 0.5) is 0 Å². The highest BCUT2D eigenvalue weighted by molar-refractivity contribution is 5.27. The second-order valence-corrected chi connectivity index (χ2v) is 5.37. The van der Waals surface area contributed by atoms with E-state index < -0.39 is 0 Å². The maximum absolute atomic E-state index is 5.47. The van der Waals surface area contributed by atoms with Crippen molar-refractivity contribution < 1.29 is 4.74 Å². The van der Waals surface area contributed by atoms with Crippen LogP contribution in [0.3, 0.4) is 0 Å². The van der Waals surface area contributed by atoms with Gasteiger partial charge in [-0.15, -0.1) is 0 Å². The largest absolute Gasteiger partial charge is 0.381 e. The second-order valence-electron chi connectivity index (χ2n) is 5.37. The van der Waals surface area contributed by atoms with Crippen molar-refractivity contribution in [2.24, 2.45) is 5.92 Å². The van der Waals surface area contributed by atoms with E-state index in [-0.39, 0.29) is 0 Å². The fourth-order valence-corrected chi connectivity index (χ4v) is 2.99. The first-order valence-electron chi connectivity index (χ1n) is 6.79. The molecule has 0 aromatic heterocycles. The van der Waals surface area contributed by atoms with E-state index in [9.17, 15) is 0 Å². The topological polar surface area (TPSA) is 21.3 Å². The molecular weight excluding hydrogens is 210 g/mol. The van der Waals surface area contributed by atoms with Gasteiger partial charge in [0.2, 0.25) is 0 Å². The van der Waals surface area contributed by atoms with Gasteiger partial charge in [0.05, 0.1) is 6.61 Å². The molecule has 17 heavy (non-hydrogen) atoms. The Morgan fingerprint density at radius 1 is 1.29 bits per heavy atom. The van der Waals surface area contributed by atoms with Gasteiger partial charge in [0.25, 0.3) is 0 Å². The third-order valence-corrected chi connectivity index (χ3v) is 4.04. The zero-order valence-corrected chi connectivity index (χ0v) is 10.3. The van der Waals surface area contributed by atoms with E-state index >= 15 is 0 Å². The van der Waals surface area contributed by atoms with Crippen LogP contribution in [-0.2, 0) is 11.2 Å². The van der Waals surface area contributed by atoms with Gasteiger partial charge in [0.1, 0.15) is 0 Å². The molecule has 1 aromatic rings. The van der Waals surface area contributed by atoms with E-state index in [0.29, 0.717) is 5.92 Å². The maximum atomic E-state index is 5.47. The standard InChI is InChI=1S/C15H21NO/c1-2-12(8-13-4-6-16-10-13)9-14(3-1)15-5-7-17-11-15/h1-3,9,13,15-16H,4-8,10-11H2. The third kappa shape index (κ3) is 2.70. The fraction of sp³-hybridized carbons (Fsp3) is 0.600. The summed E-state index contributed by atoms with van der Waals surface area (Å²) >= 11 is 0. The Bertz CT molecular complexity index is 365. The first-order valence-corrected chi connectivity index (χ1v) is 6.79. The highest BCUT2D eigenvalue weighted by atomic mass is 16.5. The van der Waals surface area contributed by atoms with Crippen LogP contribution in [0.15, 0.2) is 24.3 Å². The van der Waals surface area contributed by atoms with Crippen LogP contribution in [0.2, 0.25) is 0 Å². The molecule has 0 radical (unpaired) electrons. The van der Waals surface area contributed by atoms with Gasteiger partial charge in [-0.3, -0.25) is 0 Å². The summed E-state index contributed by atoms with van der Waals surface area (Å²) in [5, 5.41) is 3.44. The van der Waals surface area contributed by atoms with E-state index in [2.05, 4.69) is 29.6 Å². The van der Waals surface area contributed by atoms with Crippen molar-refractivity contribution in [1.29, 1.82) is 0 Å². The van der Waals surface area contributed by atoms with Crippen molar-refractivity contribution in [3.8, 4) is 0 Å². The zero-order chi connectivity index (χ0) is 11.5. The first-order chi connectivity index (χ1) is 8.42. The van der Waals surface area contributed by atoms with E-state index in [1.807, 2.05) is 0 Å². The molecule has 2 heterocycles. The van der Waals surface area contributed by atoms with E-state index in [1.165, 1.54) is 43.5 Å². The van der Waals surface area contributed by atoms with Crippen LogP contribution < -0.4 is 5.32 Å². The summed E-state index contributed by atoms with van der Waals surface area (Å²) < 4.78 is 5.47. The summed E-state index contributed by atoms with van der Waals surface area (Å²) in [6, 6.07) is 9.15. The summed E-state index contributed by atoms with van der Waals surface area (Å²) in [6.07, 6.45) is 3.75. The van der Waals surface area contributed by atoms with Gasteiger partial charge >= 0.3 is 0 Å². The fourth-order valence-electron chi connectivity index (χ4n) is 2.99. The number of nitrogens with one attached hydrogen (secondary N) is 1.